The second-order valence-corrected chi connectivity index (χ2v) is 5.94. The van der Waals surface area contributed by atoms with Gasteiger partial charge in [0.15, 0.2) is 0 Å². The Morgan fingerprint density at radius 1 is 1.28 bits per heavy atom. The van der Waals surface area contributed by atoms with E-state index in [9.17, 15) is 0 Å². The molecule has 0 unspecified atom stereocenters. The maximum Gasteiger partial charge on any atom is 0.120 e. The van der Waals surface area contributed by atoms with E-state index in [4.69, 9.17) is 4.74 Å². The van der Waals surface area contributed by atoms with Crippen molar-refractivity contribution in [2.24, 2.45) is 5.41 Å². The monoisotopic (exact) mass is 249 g/mol. The van der Waals surface area contributed by atoms with Crippen molar-refractivity contribution in [3.05, 3.63) is 29.8 Å². The van der Waals surface area contributed by atoms with Crippen molar-refractivity contribution in [3.63, 3.8) is 0 Å². The van der Waals surface area contributed by atoms with Gasteiger partial charge in [0.25, 0.3) is 0 Å². The topological polar surface area (TPSA) is 21.3 Å². The van der Waals surface area contributed by atoms with E-state index in [2.05, 4.69) is 58.1 Å². The lowest BCUT2D eigenvalue weighted by molar-refractivity contribution is 0.242. The molecule has 0 amide bonds. The smallest absolute Gasteiger partial charge is 0.120 e. The summed E-state index contributed by atoms with van der Waals surface area (Å²) in [5.74, 6) is 0.957. The van der Waals surface area contributed by atoms with Gasteiger partial charge in [-0.1, -0.05) is 32.9 Å². The fraction of sp³-hybridized carbons (Fsp3) is 0.625. The highest BCUT2D eigenvalue weighted by atomic mass is 16.5. The molecule has 0 radical (unpaired) electrons. The molecule has 1 rings (SSSR count). The van der Waals surface area contributed by atoms with Crippen molar-refractivity contribution < 1.29 is 4.74 Å². The van der Waals surface area contributed by atoms with Gasteiger partial charge in [-0.05, 0) is 43.4 Å². The molecule has 0 aliphatic carbocycles. The first-order valence-electron chi connectivity index (χ1n) is 6.89. The van der Waals surface area contributed by atoms with Gasteiger partial charge in [0.1, 0.15) is 5.75 Å². The molecular formula is C16H27NO. The molecule has 1 aromatic rings. The molecule has 0 spiro atoms. The van der Waals surface area contributed by atoms with Crippen molar-refractivity contribution in [3.8, 4) is 5.75 Å². The van der Waals surface area contributed by atoms with E-state index in [0.29, 0.717) is 5.41 Å². The van der Waals surface area contributed by atoms with Gasteiger partial charge in [-0.25, -0.2) is 0 Å². The Morgan fingerprint density at radius 2 is 2.00 bits per heavy atom. The highest BCUT2D eigenvalue weighted by Crippen LogP contribution is 2.19. The van der Waals surface area contributed by atoms with Gasteiger partial charge >= 0.3 is 0 Å². The van der Waals surface area contributed by atoms with Crippen LogP contribution in [0, 0.1) is 5.41 Å². The summed E-state index contributed by atoms with van der Waals surface area (Å²) in [6.07, 6.45) is 1.42. The molecule has 0 heterocycles. The second kappa shape index (κ2) is 6.79. The van der Waals surface area contributed by atoms with Gasteiger partial charge in [0.05, 0.1) is 6.10 Å². The molecule has 18 heavy (non-hydrogen) atoms. The Bertz CT molecular complexity index is 358. The summed E-state index contributed by atoms with van der Waals surface area (Å²) < 4.78 is 5.70. The summed E-state index contributed by atoms with van der Waals surface area (Å²) in [7, 11) is 0. The standard InChI is InChI=1S/C16H27NO/c1-6-16(4,5)12-17-11-14-8-7-9-15(10-14)18-13(2)3/h7-10,13,17H,6,11-12H2,1-5H3. The molecule has 1 aromatic carbocycles. The summed E-state index contributed by atoms with van der Waals surface area (Å²) >= 11 is 0. The van der Waals surface area contributed by atoms with Crippen LogP contribution in [0.15, 0.2) is 24.3 Å². The first kappa shape index (κ1) is 15.0. The van der Waals surface area contributed by atoms with Crippen molar-refractivity contribution in [2.45, 2.75) is 53.7 Å². The molecule has 0 aliphatic rings. The van der Waals surface area contributed by atoms with E-state index >= 15 is 0 Å². The minimum absolute atomic E-state index is 0.229. The summed E-state index contributed by atoms with van der Waals surface area (Å²) in [4.78, 5) is 0. The Balaban J connectivity index is 2.47. The second-order valence-electron chi connectivity index (χ2n) is 5.94. The molecule has 0 aromatic heterocycles. The van der Waals surface area contributed by atoms with E-state index in [1.54, 1.807) is 0 Å². The number of hydrogen-bond acceptors (Lipinski definition) is 2. The molecule has 0 atom stereocenters. The lowest BCUT2D eigenvalue weighted by atomic mass is 9.90. The summed E-state index contributed by atoms with van der Waals surface area (Å²) in [6.45, 7) is 12.9. The van der Waals surface area contributed by atoms with Crippen molar-refractivity contribution in [2.75, 3.05) is 6.54 Å². The van der Waals surface area contributed by atoms with Crippen molar-refractivity contribution >= 4 is 0 Å². The molecule has 2 heteroatoms. The predicted octanol–water partition coefficient (Wildman–Crippen LogP) is 4.00. The van der Waals surface area contributed by atoms with E-state index in [0.717, 1.165) is 18.8 Å². The highest BCUT2D eigenvalue weighted by molar-refractivity contribution is 5.28. The summed E-state index contributed by atoms with van der Waals surface area (Å²) in [5.41, 5.74) is 1.64. The number of ether oxygens (including phenoxy) is 1. The molecule has 2 nitrogen and oxygen atoms in total. The van der Waals surface area contributed by atoms with Gasteiger partial charge in [-0.3, -0.25) is 0 Å². The molecule has 0 aliphatic heterocycles. The van der Waals surface area contributed by atoms with Crippen molar-refractivity contribution in [1.82, 2.24) is 5.32 Å². The third-order valence-corrected chi connectivity index (χ3v) is 3.16. The van der Waals surface area contributed by atoms with Crippen LogP contribution in [0.4, 0.5) is 0 Å². The van der Waals surface area contributed by atoms with Crippen LogP contribution in [0.3, 0.4) is 0 Å². The molecule has 0 saturated heterocycles. The Hall–Kier alpha value is -1.02. The van der Waals surface area contributed by atoms with Crippen LogP contribution in [0.5, 0.6) is 5.75 Å². The third-order valence-electron chi connectivity index (χ3n) is 3.16. The zero-order chi connectivity index (χ0) is 13.6. The summed E-state index contributed by atoms with van der Waals surface area (Å²) in [6, 6.07) is 8.32. The number of rotatable bonds is 7. The van der Waals surface area contributed by atoms with Crippen LogP contribution < -0.4 is 10.1 Å². The predicted molar refractivity (Wildman–Crippen MR) is 78.0 cm³/mol. The van der Waals surface area contributed by atoms with Crippen LogP contribution in [-0.2, 0) is 6.54 Å². The lowest BCUT2D eigenvalue weighted by Gasteiger charge is -2.23. The first-order chi connectivity index (χ1) is 8.43. The molecule has 0 bridgehead atoms. The van der Waals surface area contributed by atoms with Crippen LogP contribution in [-0.4, -0.2) is 12.6 Å². The van der Waals surface area contributed by atoms with Gasteiger partial charge in [0, 0.05) is 13.1 Å². The van der Waals surface area contributed by atoms with E-state index in [-0.39, 0.29) is 6.10 Å². The lowest BCUT2D eigenvalue weighted by Crippen LogP contribution is -2.28. The molecular weight excluding hydrogens is 222 g/mol. The van der Waals surface area contributed by atoms with E-state index in [1.165, 1.54) is 12.0 Å². The third kappa shape index (κ3) is 5.54. The Labute approximate surface area is 112 Å². The number of benzene rings is 1. The number of hydrogen-bond donors (Lipinski definition) is 1. The van der Waals surface area contributed by atoms with Gasteiger partial charge < -0.3 is 10.1 Å². The Kier molecular flexibility index (Phi) is 5.67. The van der Waals surface area contributed by atoms with Crippen LogP contribution >= 0.6 is 0 Å². The summed E-state index contributed by atoms with van der Waals surface area (Å²) in [5, 5.41) is 3.52. The molecule has 0 saturated carbocycles. The zero-order valence-electron chi connectivity index (χ0n) is 12.4. The van der Waals surface area contributed by atoms with Gasteiger partial charge in [0.2, 0.25) is 0 Å². The molecule has 1 N–H and O–H groups in total. The minimum Gasteiger partial charge on any atom is -0.491 e. The fourth-order valence-corrected chi connectivity index (χ4v) is 1.67. The SMILES string of the molecule is CCC(C)(C)CNCc1cccc(OC(C)C)c1. The largest absolute Gasteiger partial charge is 0.491 e. The maximum atomic E-state index is 5.70. The average Bonchev–Trinajstić information content (AvgIpc) is 2.28. The van der Waals surface area contributed by atoms with Crippen LogP contribution in [0.25, 0.3) is 0 Å². The maximum absolute atomic E-state index is 5.70. The average molecular weight is 249 g/mol. The van der Waals surface area contributed by atoms with Crippen molar-refractivity contribution in [1.29, 1.82) is 0 Å². The quantitative estimate of drug-likeness (QED) is 0.788. The minimum atomic E-state index is 0.229. The number of nitrogens with one attached hydrogen (secondary N) is 1. The normalized spacial score (nSPS) is 11.9. The zero-order valence-corrected chi connectivity index (χ0v) is 12.4. The van der Waals surface area contributed by atoms with Crippen LogP contribution in [0.1, 0.15) is 46.6 Å². The molecule has 102 valence electrons. The van der Waals surface area contributed by atoms with Gasteiger partial charge in [-0.15, -0.1) is 0 Å². The van der Waals surface area contributed by atoms with E-state index < -0.39 is 0 Å². The fourth-order valence-electron chi connectivity index (χ4n) is 1.67. The molecule has 0 fully saturated rings. The van der Waals surface area contributed by atoms with Crippen LogP contribution in [0.2, 0.25) is 0 Å². The highest BCUT2D eigenvalue weighted by Gasteiger charge is 2.13. The van der Waals surface area contributed by atoms with E-state index in [1.807, 2.05) is 6.07 Å². The van der Waals surface area contributed by atoms with Gasteiger partial charge in [-0.2, -0.15) is 0 Å². The first-order valence-corrected chi connectivity index (χ1v) is 6.89. The Morgan fingerprint density at radius 3 is 2.61 bits per heavy atom.